The van der Waals surface area contributed by atoms with Crippen LogP contribution in [0.2, 0.25) is 0 Å². The van der Waals surface area contributed by atoms with Crippen LogP contribution in [-0.4, -0.2) is 34.0 Å². The highest BCUT2D eigenvalue weighted by molar-refractivity contribution is 5.67. The van der Waals surface area contributed by atoms with Crippen molar-refractivity contribution in [2.24, 2.45) is 5.92 Å². The van der Waals surface area contributed by atoms with Crippen LogP contribution < -0.4 is 0 Å². The zero-order chi connectivity index (χ0) is 14.5. The molecule has 0 amide bonds. The lowest BCUT2D eigenvalue weighted by atomic mass is 9.92. The molecule has 2 atom stereocenters. The molecule has 20 heavy (non-hydrogen) atoms. The fourth-order valence-corrected chi connectivity index (χ4v) is 3.03. The standard InChI is InChI=1S/C15H21FN2O2/c1-2-14(13-6-5-12(16)9-17-13)18-7-3-4-11(10-18)8-15(19)20/h5-6,9,11,14H,2-4,7-8,10H2,1H3,(H,19,20). The number of nitrogens with zero attached hydrogens (tertiary/aromatic N) is 2. The Morgan fingerprint density at radius 1 is 1.60 bits per heavy atom. The zero-order valence-corrected chi connectivity index (χ0v) is 11.8. The van der Waals surface area contributed by atoms with E-state index in [4.69, 9.17) is 5.11 Å². The number of pyridine rings is 1. The Morgan fingerprint density at radius 3 is 3.00 bits per heavy atom. The molecule has 2 rings (SSSR count). The molecule has 0 radical (unpaired) electrons. The summed E-state index contributed by atoms with van der Waals surface area (Å²) >= 11 is 0. The lowest BCUT2D eigenvalue weighted by Gasteiger charge is -2.37. The van der Waals surface area contributed by atoms with Gasteiger partial charge in [-0.05, 0) is 43.9 Å². The van der Waals surface area contributed by atoms with Crippen molar-refractivity contribution in [3.05, 3.63) is 29.8 Å². The SMILES string of the molecule is CCC(c1ccc(F)cn1)N1CCCC(CC(=O)O)C1. The number of halogens is 1. The van der Waals surface area contributed by atoms with Crippen molar-refractivity contribution in [1.82, 2.24) is 9.88 Å². The smallest absolute Gasteiger partial charge is 0.303 e. The first-order chi connectivity index (χ1) is 9.60. The van der Waals surface area contributed by atoms with Crippen LogP contribution in [0.4, 0.5) is 4.39 Å². The zero-order valence-electron chi connectivity index (χ0n) is 11.8. The number of aromatic nitrogens is 1. The molecule has 2 unspecified atom stereocenters. The summed E-state index contributed by atoms with van der Waals surface area (Å²) in [4.78, 5) is 17.3. The molecule has 1 aromatic heterocycles. The number of likely N-dealkylation sites (tertiary alicyclic amines) is 1. The van der Waals surface area contributed by atoms with Crippen LogP contribution >= 0.6 is 0 Å². The highest BCUT2D eigenvalue weighted by Crippen LogP contribution is 2.29. The molecule has 1 N–H and O–H groups in total. The fraction of sp³-hybridized carbons (Fsp3) is 0.600. The molecular formula is C15H21FN2O2. The van der Waals surface area contributed by atoms with Crippen molar-refractivity contribution in [1.29, 1.82) is 0 Å². The van der Waals surface area contributed by atoms with Crippen molar-refractivity contribution >= 4 is 5.97 Å². The van der Waals surface area contributed by atoms with Crippen molar-refractivity contribution in [2.45, 2.75) is 38.6 Å². The number of aliphatic carboxylic acids is 1. The van der Waals surface area contributed by atoms with Crippen LogP contribution in [0.5, 0.6) is 0 Å². The van der Waals surface area contributed by atoms with Gasteiger partial charge in [-0.15, -0.1) is 0 Å². The third-order valence-corrected chi connectivity index (χ3v) is 3.93. The van der Waals surface area contributed by atoms with Crippen LogP contribution in [0.25, 0.3) is 0 Å². The summed E-state index contributed by atoms with van der Waals surface area (Å²) in [5.41, 5.74) is 0.866. The molecule has 1 aliphatic rings. The Kier molecular flexibility index (Phi) is 5.06. The fourth-order valence-electron chi connectivity index (χ4n) is 3.03. The number of carboxylic acids is 1. The Morgan fingerprint density at radius 2 is 2.40 bits per heavy atom. The number of carbonyl (C=O) groups is 1. The Bertz CT molecular complexity index is 450. The normalized spacial score (nSPS) is 21.6. The number of hydrogen-bond donors (Lipinski definition) is 1. The third kappa shape index (κ3) is 3.76. The Balaban J connectivity index is 2.06. The first-order valence-corrected chi connectivity index (χ1v) is 7.17. The van der Waals surface area contributed by atoms with E-state index in [1.54, 1.807) is 6.07 Å². The average Bonchev–Trinajstić information content (AvgIpc) is 2.41. The van der Waals surface area contributed by atoms with E-state index in [2.05, 4.69) is 16.8 Å². The van der Waals surface area contributed by atoms with Crippen LogP contribution in [0.3, 0.4) is 0 Å². The van der Waals surface area contributed by atoms with Gasteiger partial charge in [0, 0.05) is 13.0 Å². The second-order valence-corrected chi connectivity index (χ2v) is 5.43. The summed E-state index contributed by atoms with van der Waals surface area (Å²) in [5, 5.41) is 8.92. The van der Waals surface area contributed by atoms with E-state index in [0.717, 1.165) is 38.0 Å². The minimum atomic E-state index is -0.732. The highest BCUT2D eigenvalue weighted by Gasteiger charge is 2.27. The number of carboxylic acid groups (broad SMARTS) is 1. The Labute approximate surface area is 118 Å². The molecule has 0 bridgehead atoms. The van der Waals surface area contributed by atoms with Crippen LogP contribution in [0.1, 0.15) is 44.3 Å². The molecule has 0 aromatic carbocycles. The molecule has 1 saturated heterocycles. The molecule has 0 aliphatic carbocycles. The van der Waals surface area contributed by atoms with Gasteiger partial charge < -0.3 is 5.11 Å². The minimum Gasteiger partial charge on any atom is -0.481 e. The van der Waals surface area contributed by atoms with Crippen molar-refractivity contribution in [3.8, 4) is 0 Å². The molecule has 0 spiro atoms. The first kappa shape index (κ1) is 14.9. The maximum Gasteiger partial charge on any atom is 0.303 e. The maximum atomic E-state index is 13.0. The second kappa shape index (κ2) is 6.79. The molecule has 2 heterocycles. The van der Waals surface area contributed by atoms with Crippen LogP contribution in [0, 0.1) is 11.7 Å². The predicted molar refractivity (Wildman–Crippen MR) is 73.8 cm³/mol. The Hall–Kier alpha value is -1.49. The van der Waals surface area contributed by atoms with Gasteiger partial charge in [-0.2, -0.15) is 0 Å². The van der Waals surface area contributed by atoms with Gasteiger partial charge in [-0.3, -0.25) is 14.7 Å². The van der Waals surface area contributed by atoms with E-state index < -0.39 is 5.97 Å². The third-order valence-electron chi connectivity index (χ3n) is 3.93. The van der Waals surface area contributed by atoms with Crippen molar-refractivity contribution in [3.63, 3.8) is 0 Å². The minimum absolute atomic E-state index is 0.146. The molecule has 4 nitrogen and oxygen atoms in total. The average molecular weight is 280 g/mol. The monoisotopic (exact) mass is 280 g/mol. The van der Waals surface area contributed by atoms with Gasteiger partial charge >= 0.3 is 5.97 Å². The summed E-state index contributed by atoms with van der Waals surface area (Å²) in [6.45, 7) is 3.81. The van der Waals surface area contributed by atoms with Crippen molar-refractivity contribution in [2.75, 3.05) is 13.1 Å². The first-order valence-electron chi connectivity index (χ1n) is 7.17. The van der Waals surface area contributed by atoms with Crippen LogP contribution in [0.15, 0.2) is 18.3 Å². The molecule has 1 aliphatic heterocycles. The van der Waals surface area contributed by atoms with Gasteiger partial charge in [-0.1, -0.05) is 6.92 Å². The molecule has 5 heteroatoms. The lowest BCUT2D eigenvalue weighted by molar-refractivity contribution is -0.138. The van der Waals surface area contributed by atoms with Gasteiger partial charge in [0.05, 0.1) is 17.9 Å². The summed E-state index contributed by atoms with van der Waals surface area (Å²) in [7, 11) is 0. The van der Waals surface area contributed by atoms with E-state index >= 15 is 0 Å². The number of rotatable bonds is 5. The quantitative estimate of drug-likeness (QED) is 0.901. The van der Waals surface area contributed by atoms with E-state index in [1.165, 1.54) is 12.3 Å². The largest absolute Gasteiger partial charge is 0.481 e. The molecule has 1 fully saturated rings. The topological polar surface area (TPSA) is 53.4 Å². The molecular weight excluding hydrogens is 259 g/mol. The van der Waals surface area contributed by atoms with E-state index in [-0.39, 0.29) is 24.2 Å². The molecule has 0 saturated carbocycles. The van der Waals surface area contributed by atoms with Crippen molar-refractivity contribution < 1.29 is 14.3 Å². The molecule has 1 aromatic rings. The summed E-state index contributed by atoms with van der Waals surface area (Å²) < 4.78 is 13.0. The summed E-state index contributed by atoms with van der Waals surface area (Å²) in [6.07, 6.45) is 4.34. The van der Waals surface area contributed by atoms with Gasteiger partial charge in [0.25, 0.3) is 0 Å². The lowest BCUT2D eigenvalue weighted by Crippen LogP contribution is -2.39. The van der Waals surface area contributed by atoms with Gasteiger partial charge in [0.15, 0.2) is 0 Å². The van der Waals surface area contributed by atoms with Gasteiger partial charge in [0.1, 0.15) is 5.82 Å². The second-order valence-electron chi connectivity index (χ2n) is 5.43. The van der Waals surface area contributed by atoms with Gasteiger partial charge in [0.2, 0.25) is 0 Å². The number of hydrogen-bond acceptors (Lipinski definition) is 3. The van der Waals surface area contributed by atoms with Gasteiger partial charge in [-0.25, -0.2) is 4.39 Å². The number of piperidine rings is 1. The molecule has 110 valence electrons. The summed E-state index contributed by atoms with van der Waals surface area (Å²) in [5.74, 6) is -0.855. The predicted octanol–water partition coefficient (Wildman–Crippen LogP) is 2.86. The highest BCUT2D eigenvalue weighted by atomic mass is 19.1. The van der Waals surface area contributed by atoms with Crippen LogP contribution in [-0.2, 0) is 4.79 Å². The maximum absolute atomic E-state index is 13.0. The van der Waals surface area contributed by atoms with E-state index in [0.29, 0.717) is 0 Å². The summed E-state index contributed by atoms with van der Waals surface area (Å²) in [6, 6.07) is 3.31. The van der Waals surface area contributed by atoms with E-state index in [1.807, 2.05) is 0 Å². The van der Waals surface area contributed by atoms with E-state index in [9.17, 15) is 9.18 Å².